The van der Waals surface area contributed by atoms with Crippen LogP contribution in [0.15, 0.2) is 60.2 Å². The highest BCUT2D eigenvalue weighted by molar-refractivity contribution is 6.32. The Morgan fingerprint density at radius 3 is 2.52 bits per heavy atom. The molecule has 5 heteroatoms. The van der Waals surface area contributed by atoms with Crippen molar-refractivity contribution < 1.29 is 9.59 Å². The third-order valence-corrected chi connectivity index (χ3v) is 4.43. The highest BCUT2D eigenvalue weighted by Gasteiger charge is 2.34. The maximum absolute atomic E-state index is 12.5. The SMILES string of the molecule is Cc1ccc(N2NC(=O)/C(=C\C=C\c3ccccc3Cl)C2=O)cc1C. The summed E-state index contributed by atoms with van der Waals surface area (Å²) in [5.74, 6) is -0.802. The molecule has 0 aliphatic carbocycles. The lowest BCUT2D eigenvalue weighted by atomic mass is 10.1. The zero-order chi connectivity index (χ0) is 18.0. The lowest BCUT2D eigenvalue weighted by Crippen LogP contribution is -2.35. The Morgan fingerprint density at radius 1 is 1.04 bits per heavy atom. The Bertz CT molecular complexity index is 916. The summed E-state index contributed by atoms with van der Waals surface area (Å²) in [7, 11) is 0. The summed E-state index contributed by atoms with van der Waals surface area (Å²) in [6.07, 6.45) is 4.91. The van der Waals surface area contributed by atoms with E-state index in [2.05, 4.69) is 5.43 Å². The summed E-state index contributed by atoms with van der Waals surface area (Å²) >= 11 is 6.08. The van der Waals surface area contributed by atoms with Gasteiger partial charge in [0.05, 0.1) is 5.69 Å². The minimum absolute atomic E-state index is 0.0848. The summed E-state index contributed by atoms with van der Waals surface area (Å²) in [4.78, 5) is 24.7. The molecule has 1 N–H and O–H groups in total. The maximum Gasteiger partial charge on any atom is 0.282 e. The molecule has 1 aliphatic rings. The highest BCUT2D eigenvalue weighted by Crippen LogP contribution is 2.23. The van der Waals surface area contributed by atoms with Crippen LogP contribution in [0.2, 0.25) is 5.02 Å². The Balaban J connectivity index is 1.83. The van der Waals surface area contributed by atoms with Crippen molar-refractivity contribution in [3.05, 3.63) is 81.9 Å². The van der Waals surface area contributed by atoms with E-state index in [-0.39, 0.29) is 11.5 Å². The number of nitrogens with zero attached hydrogens (tertiary/aromatic N) is 1. The summed E-state index contributed by atoms with van der Waals surface area (Å²) in [5.41, 5.74) is 6.31. The van der Waals surface area contributed by atoms with Gasteiger partial charge in [-0.2, -0.15) is 0 Å². The molecule has 0 aromatic heterocycles. The number of anilines is 1. The van der Waals surface area contributed by atoms with Crippen molar-refractivity contribution in [1.82, 2.24) is 5.43 Å². The van der Waals surface area contributed by atoms with Crippen LogP contribution in [0.3, 0.4) is 0 Å². The van der Waals surface area contributed by atoms with Crippen LogP contribution in [0.1, 0.15) is 16.7 Å². The average molecular weight is 353 g/mol. The highest BCUT2D eigenvalue weighted by atomic mass is 35.5. The van der Waals surface area contributed by atoms with Gasteiger partial charge in [-0.15, -0.1) is 0 Å². The molecule has 3 rings (SSSR count). The number of carbonyl (C=O) groups excluding carboxylic acids is 2. The topological polar surface area (TPSA) is 49.4 Å². The quantitative estimate of drug-likeness (QED) is 0.671. The molecule has 25 heavy (non-hydrogen) atoms. The minimum atomic E-state index is -0.424. The van der Waals surface area contributed by atoms with Crippen molar-refractivity contribution in [3.8, 4) is 0 Å². The normalized spacial score (nSPS) is 16.1. The van der Waals surface area contributed by atoms with Crippen LogP contribution in [0.4, 0.5) is 5.69 Å². The summed E-state index contributed by atoms with van der Waals surface area (Å²) in [6, 6.07) is 12.9. The summed E-state index contributed by atoms with van der Waals surface area (Å²) in [5, 5.41) is 1.88. The van der Waals surface area contributed by atoms with Gasteiger partial charge in [0.2, 0.25) is 0 Å². The van der Waals surface area contributed by atoms with Crippen LogP contribution in [-0.4, -0.2) is 11.8 Å². The van der Waals surface area contributed by atoms with Gasteiger partial charge < -0.3 is 0 Å². The fraction of sp³-hybridized carbons (Fsp3) is 0.100. The fourth-order valence-corrected chi connectivity index (χ4v) is 2.68. The minimum Gasteiger partial charge on any atom is -0.267 e. The van der Waals surface area contributed by atoms with Gasteiger partial charge in [0.1, 0.15) is 5.57 Å². The van der Waals surface area contributed by atoms with Gasteiger partial charge in [-0.05, 0) is 54.8 Å². The second-order valence-corrected chi connectivity index (χ2v) is 6.22. The molecule has 0 atom stereocenters. The van der Waals surface area contributed by atoms with E-state index in [0.717, 1.165) is 16.7 Å². The molecule has 2 amide bonds. The predicted octanol–water partition coefficient (Wildman–Crippen LogP) is 3.97. The van der Waals surface area contributed by atoms with E-state index in [4.69, 9.17) is 11.6 Å². The first-order valence-corrected chi connectivity index (χ1v) is 8.21. The number of hydrogen-bond acceptors (Lipinski definition) is 2. The monoisotopic (exact) mass is 352 g/mol. The second kappa shape index (κ2) is 6.95. The average Bonchev–Trinajstić information content (AvgIpc) is 2.87. The number of allylic oxidation sites excluding steroid dienone is 2. The van der Waals surface area contributed by atoms with E-state index < -0.39 is 5.91 Å². The lowest BCUT2D eigenvalue weighted by Gasteiger charge is -2.15. The first-order chi connectivity index (χ1) is 12.0. The van der Waals surface area contributed by atoms with E-state index in [9.17, 15) is 9.59 Å². The number of carbonyl (C=O) groups is 2. The van der Waals surface area contributed by atoms with Crippen molar-refractivity contribution >= 4 is 35.2 Å². The van der Waals surface area contributed by atoms with Crippen LogP contribution in [0.25, 0.3) is 6.08 Å². The third kappa shape index (κ3) is 3.49. The largest absolute Gasteiger partial charge is 0.282 e. The zero-order valence-corrected chi connectivity index (χ0v) is 14.7. The molecule has 1 aliphatic heterocycles. The van der Waals surface area contributed by atoms with E-state index in [1.807, 2.05) is 50.2 Å². The summed E-state index contributed by atoms with van der Waals surface area (Å²) < 4.78 is 0. The number of aryl methyl sites for hydroxylation is 2. The van der Waals surface area contributed by atoms with Crippen LogP contribution in [0.5, 0.6) is 0 Å². The van der Waals surface area contributed by atoms with Gasteiger partial charge >= 0.3 is 0 Å². The van der Waals surface area contributed by atoms with Gasteiger partial charge in [-0.25, -0.2) is 5.01 Å². The molecule has 0 spiro atoms. The first-order valence-electron chi connectivity index (χ1n) is 7.83. The van der Waals surface area contributed by atoms with Crippen LogP contribution < -0.4 is 10.4 Å². The number of amides is 2. The Hall–Kier alpha value is -2.85. The van der Waals surface area contributed by atoms with Gasteiger partial charge in [-0.1, -0.05) is 48.0 Å². The molecule has 0 unspecified atom stereocenters. The standard InChI is InChI=1S/C20H17ClN2O2/c1-13-10-11-16(12-14(13)2)23-20(25)17(19(24)22-23)8-5-7-15-6-3-4-9-18(15)21/h3-12H,1-2H3,(H,22,24)/b7-5+,17-8+. The number of halogens is 1. The van der Waals surface area contributed by atoms with Crippen LogP contribution in [0, 0.1) is 13.8 Å². The molecule has 0 saturated carbocycles. The molecule has 1 saturated heterocycles. The molecule has 1 fully saturated rings. The molecule has 0 radical (unpaired) electrons. The van der Waals surface area contributed by atoms with E-state index >= 15 is 0 Å². The second-order valence-electron chi connectivity index (χ2n) is 5.81. The Kier molecular flexibility index (Phi) is 4.72. The molecular weight excluding hydrogens is 336 g/mol. The molecule has 2 aromatic carbocycles. The molecule has 0 bridgehead atoms. The smallest absolute Gasteiger partial charge is 0.267 e. The van der Waals surface area contributed by atoms with Gasteiger partial charge in [-0.3, -0.25) is 15.0 Å². The van der Waals surface area contributed by atoms with E-state index in [1.165, 1.54) is 11.1 Å². The maximum atomic E-state index is 12.5. The third-order valence-electron chi connectivity index (χ3n) is 4.08. The zero-order valence-electron chi connectivity index (χ0n) is 13.9. The molecule has 2 aromatic rings. The van der Waals surface area contributed by atoms with Gasteiger partial charge in [0.25, 0.3) is 11.8 Å². The Labute approximate surface area is 151 Å². The predicted molar refractivity (Wildman–Crippen MR) is 100 cm³/mol. The van der Waals surface area contributed by atoms with Crippen LogP contribution in [-0.2, 0) is 9.59 Å². The number of rotatable bonds is 3. The lowest BCUT2D eigenvalue weighted by molar-refractivity contribution is -0.117. The van der Waals surface area contributed by atoms with Gasteiger partial charge in [0, 0.05) is 5.02 Å². The molecule has 4 nitrogen and oxygen atoms in total. The van der Waals surface area contributed by atoms with Crippen LogP contribution >= 0.6 is 11.6 Å². The van der Waals surface area contributed by atoms with Crippen molar-refractivity contribution in [1.29, 1.82) is 0 Å². The number of benzene rings is 2. The molecule has 126 valence electrons. The van der Waals surface area contributed by atoms with Gasteiger partial charge in [0.15, 0.2) is 0 Å². The molecular formula is C20H17ClN2O2. The van der Waals surface area contributed by atoms with Crippen molar-refractivity contribution in [3.63, 3.8) is 0 Å². The first kappa shape index (κ1) is 17.0. The number of nitrogens with one attached hydrogen (secondary N) is 1. The number of hydrogen-bond donors (Lipinski definition) is 1. The van der Waals surface area contributed by atoms with Crippen molar-refractivity contribution in [2.75, 3.05) is 5.01 Å². The van der Waals surface area contributed by atoms with Crippen molar-refractivity contribution in [2.45, 2.75) is 13.8 Å². The summed E-state index contributed by atoms with van der Waals surface area (Å²) in [6.45, 7) is 3.96. The van der Waals surface area contributed by atoms with Crippen molar-refractivity contribution in [2.24, 2.45) is 0 Å². The van der Waals surface area contributed by atoms with E-state index in [0.29, 0.717) is 10.7 Å². The fourth-order valence-electron chi connectivity index (χ4n) is 2.48. The van der Waals surface area contributed by atoms with E-state index in [1.54, 1.807) is 18.2 Å². The Morgan fingerprint density at radius 2 is 1.80 bits per heavy atom. The molecule has 1 heterocycles. The number of hydrazine groups is 1.